The van der Waals surface area contributed by atoms with Crippen LogP contribution in [0.2, 0.25) is 10.0 Å². The van der Waals surface area contributed by atoms with Crippen LogP contribution < -0.4 is 11.0 Å². The van der Waals surface area contributed by atoms with Crippen LogP contribution in [0, 0.1) is 0 Å². The average molecular weight is 645 g/mol. The predicted octanol–water partition coefficient (Wildman–Crippen LogP) is 4.41. The van der Waals surface area contributed by atoms with Gasteiger partial charge < -0.3 is 24.3 Å². The largest absolute Gasteiger partial charge is 0.444 e. The highest BCUT2D eigenvalue weighted by Gasteiger charge is 2.52. The lowest BCUT2D eigenvalue weighted by Crippen LogP contribution is -2.69. The molecule has 3 saturated heterocycles. The van der Waals surface area contributed by atoms with Gasteiger partial charge >= 0.3 is 11.8 Å². The first-order chi connectivity index (χ1) is 21.2. The van der Waals surface area contributed by atoms with Crippen molar-refractivity contribution in [1.29, 1.82) is 0 Å². The molecule has 3 aliphatic heterocycles. The molecular formula is C32H41Cl2N6O4+. The smallest absolute Gasteiger partial charge is 0.411 e. The summed E-state index contributed by atoms with van der Waals surface area (Å²) in [5, 5.41) is 4.30. The van der Waals surface area contributed by atoms with E-state index in [1.54, 1.807) is 23.1 Å². The summed E-state index contributed by atoms with van der Waals surface area (Å²) in [7, 11) is 2.36. The van der Waals surface area contributed by atoms with Gasteiger partial charge in [0.1, 0.15) is 18.6 Å². The van der Waals surface area contributed by atoms with Crippen LogP contribution in [0.25, 0.3) is 11.0 Å². The van der Waals surface area contributed by atoms with Gasteiger partial charge in [-0.05, 0) is 36.2 Å². The normalized spacial score (nSPS) is 24.8. The Morgan fingerprint density at radius 1 is 1.07 bits per heavy atom. The van der Waals surface area contributed by atoms with E-state index in [4.69, 9.17) is 27.9 Å². The molecule has 2 N–H and O–H groups in total. The Morgan fingerprint density at radius 2 is 1.82 bits per heavy atom. The van der Waals surface area contributed by atoms with E-state index in [0.29, 0.717) is 35.5 Å². The summed E-state index contributed by atoms with van der Waals surface area (Å²) in [6.07, 6.45) is 3.51. The van der Waals surface area contributed by atoms with E-state index in [2.05, 4.69) is 22.2 Å². The maximum Gasteiger partial charge on any atom is 0.411 e. The lowest BCUT2D eigenvalue weighted by Gasteiger charge is -2.56. The number of ether oxygens (including phenoxy) is 1. The number of likely N-dealkylation sites (N-methyl/N-ethyl adjacent to an activating group) is 1. The summed E-state index contributed by atoms with van der Waals surface area (Å²) < 4.78 is 8.72. The molecule has 6 rings (SSSR count). The molecule has 1 aromatic heterocycles. The molecule has 12 heteroatoms. The maximum atomic E-state index is 13.9. The maximum absolute atomic E-state index is 13.9. The molecule has 3 aromatic rings. The molecule has 1 amide bonds. The third-order valence-electron chi connectivity index (χ3n) is 10.3. The van der Waals surface area contributed by atoms with Gasteiger partial charge in [0.25, 0.3) is 0 Å². The molecule has 44 heavy (non-hydrogen) atoms. The Labute approximate surface area is 267 Å². The van der Waals surface area contributed by atoms with Gasteiger partial charge in [0.15, 0.2) is 0 Å². The van der Waals surface area contributed by atoms with Crippen LogP contribution in [-0.2, 0) is 16.1 Å². The van der Waals surface area contributed by atoms with Crippen molar-refractivity contribution in [2.45, 2.75) is 56.5 Å². The van der Waals surface area contributed by atoms with Crippen LogP contribution in [0.15, 0.2) is 47.3 Å². The molecule has 2 atom stereocenters. The van der Waals surface area contributed by atoms with Gasteiger partial charge in [0, 0.05) is 64.4 Å². The number of hydrogen-bond acceptors (Lipinski definition) is 6. The molecule has 0 saturated carbocycles. The Balaban J connectivity index is 1.30. The highest BCUT2D eigenvalue weighted by Crippen LogP contribution is 2.42. The molecule has 3 fully saturated rings. The SMILES string of the molecule is C[N+]1(C2CCN([C@]3(CC=O)C[C@H](n4c(=O)[nH]c5ccccc54)CCN3C(=O)OCc3ccc(Cl)c(Cl)c3)CC2)CCNCC1. The molecule has 0 aliphatic carbocycles. The number of nitrogens with one attached hydrogen (secondary N) is 2. The first kappa shape index (κ1) is 31.1. The van der Waals surface area contributed by atoms with Gasteiger partial charge in [-0.1, -0.05) is 41.4 Å². The fourth-order valence-corrected chi connectivity index (χ4v) is 8.10. The third kappa shape index (κ3) is 5.90. The van der Waals surface area contributed by atoms with E-state index in [1.807, 2.05) is 28.8 Å². The molecule has 0 spiro atoms. The Hall–Kier alpha value is -2.89. The molecule has 0 bridgehead atoms. The number of aldehydes is 1. The monoisotopic (exact) mass is 643 g/mol. The van der Waals surface area contributed by atoms with Gasteiger partial charge in [0.05, 0.1) is 47.3 Å². The number of imidazole rings is 1. The van der Waals surface area contributed by atoms with Crippen molar-refractivity contribution < 1.29 is 18.8 Å². The fraction of sp³-hybridized carbons (Fsp3) is 0.531. The number of fused-ring (bicyclic) bond motifs is 1. The van der Waals surface area contributed by atoms with Crippen LogP contribution >= 0.6 is 23.2 Å². The number of rotatable bonds is 7. The molecule has 0 radical (unpaired) electrons. The summed E-state index contributed by atoms with van der Waals surface area (Å²) in [6.45, 7) is 6.13. The minimum Gasteiger partial charge on any atom is -0.444 e. The van der Waals surface area contributed by atoms with E-state index in [0.717, 1.165) is 79.5 Å². The fourth-order valence-electron chi connectivity index (χ4n) is 7.78. The van der Waals surface area contributed by atoms with Gasteiger partial charge in [0.2, 0.25) is 0 Å². The van der Waals surface area contributed by atoms with Crippen LogP contribution in [0.3, 0.4) is 0 Å². The zero-order chi connectivity index (χ0) is 30.9. The van der Waals surface area contributed by atoms with E-state index in [-0.39, 0.29) is 24.8 Å². The minimum atomic E-state index is -0.926. The number of amides is 1. The van der Waals surface area contributed by atoms with Crippen LogP contribution in [0.1, 0.15) is 43.7 Å². The highest BCUT2D eigenvalue weighted by molar-refractivity contribution is 6.42. The standard InChI is InChI=1S/C32H40Cl2N6O4/c1-40(17-12-35-13-18-40)25-9-14-37(15-10-25)32(11-19-41)21-24(39-29-5-3-2-4-28(29)36-30(39)42)8-16-38(32)31(43)44-22-23-6-7-26(33)27(34)20-23/h2-7,19-20,24-25,35H,8-18,21-22H2,1H3/p+1/t24-,32+/m1/s1. The van der Waals surface area contributed by atoms with Crippen LogP contribution in [0.4, 0.5) is 4.79 Å². The summed E-state index contributed by atoms with van der Waals surface area (Å²) >= 11 is 12.3. The van der Waals surface area contributed by atoms with E-state index in [1.165, 1.54) is 0 Å². The van der Waals surface area contributed by atoms with Crippen LogP contribution in [-0.4, -0.2) is 101 Å². The van der Waals surface area contributed by atoms with Gasteiger partial charge in [-0.3, -0.25) is 14.4 Å². The van der Waals surface area contributed by atoms with E-state index >= 15 is 0 Å². The summed E-state index contributed by atoms with van der Waals surface area (Å²) in [4.78, 5) is 46.7. The van der Waals surface area contributed by atoms with Crippen molar-refractivity contribution in [2.75, 3.05) is 52.9 Å². The number of nitrogens with zero attached hydrogens (tertiary/aromatic N) is 4. The quantitative estimate of drug-likeness (QED) is 0.292. The number of piperazine rings is 1. The molecule has 236 valence electrons. The molecule has 0 unspecified atom stereocenters. The number of carbonyl (C=O) groups excluding carboxylic acids is 2. The topological polar surface area (TPSA) is 99.7 Å². The minimum absolute atomic E-state index is 0.0284. The van der Waals surface area contributed by atoms with Gasteiger partial charge in [-0.15, -0.1) is 0 Å². The second-order valence-corrected chi connectivity index (χ2v) is 13.5. The number of likely N-dealkylation sites (tertiary alicyclic amines) is 2. The second-order valence-electron chi connectivity index (χ2n) is 12.7. The summed E-state index contributed by atoms with van der Waals surface area (Å²) in [5.41, 5.74) is 1.22. The summed E-state index contributed by atoms with van der Waals surface area (Å²) in [6, 6.07) is 13.1. The highest BCUT2D eigenvalue weighted by atomic mass is 35.5. The Morgan fingerprint density at radius 3 is 2.55 bits per heavy atom. The zero-order valence-electron chi connectivity index (χ0n) is 25.1. The number of carbonyl (C=O) groups is 2. The van der Waals surface area contributed by atoms with Crippen molar-refractivity contribution in [1.82, 2.24) is 24.7 Å². The van der Waals surface area contributed by atoms with Crippen molar-refractivity contribution >= 4 is 46.6 Å². The van der Waals surface area contributed by atoms with E-state index in [9.17, 15) is 14.4 Å². The second kappa shape index (κ2) is 12.8. The van der Waals surface area contributed by atoms with E-state index < -0.39 is 11.8 Å². The van der Waals surface area contributed by atoms with Crippen molar-refractivity contribution in [3.63, 3.8) is 0 Å². The number of benzene rings is 2. The molecule has 3 aliphatic rings. The predicted molar refractivity (Wildman–Crippen MR) is 171 cm³/mol. The average Bonchev–Trinajstić information content (AvgIpc) is 3.37. The number of aromatic nitrogens is 2. The number of para-hydroxylation sites is 2. The lowest BCUT2D eigenvalue weighted by atomic mass is 9.85. The first-order valence-electron chi connectivity index (χ1n) is 15.6. The number of H-pyrrole nitrogens is 1. The molecule has 10 nitrogen and oxygen atoms in total. The van der Waals surface area contributed by atoms with Gasteiger partial charge in [-0.25, -0.2) is 9.59 Å². The molecule has 4 heterocycles. The number of hydrogen-bond donors (Lipinski definition) is 2. The Bertz CT molecular complexity index is 1560. The summed E-state index contributed by atoms with van der Waals surface area (Å²) in [5.74, 6) is 0. The lowest BCUT2D eigenvalue weighted by molar-refractivity contribution is -0.936. The number of aromatic amines is 1. The number of halogens is 2. The van der Waals surface area contributed by atoms with Crippen molar-refractivity contribution in [3.05, 3.63) is 68.6 Å². The number of quaternary nitrogens is 1. The van der Waals surface area contributed by atoms with Crippen LogP contribution in [0.5, 0.6) is 0 Å². The number of piperidine rings is 2. The van der Waals surface area contributed by atoms with Crippen molar-refractivity contribution in [2.24, 2.45) is 0 Å². The third-order valence-corrected chi connectivity index (χ3v) is 11.0. The Kier molecular flexibility index (Phi) is 9.08. The zero-order valence-corrected chi connectivity index (χ0v) is 26.7. The van der Waals surface area contributed by atoms with Crippen molar-refractivity contribution in [3.8, 4) is 0 Å². The van der Waals surface area contributed by atoms with Gasteiger partial charge in [-0.2, -0.15) is 0 Å². The molecular weight excluding hydrogens is 603 g/mol. The molecule has 2 aromatic carbocycles. The first-order valence-corrected chi connectivity index (χ1v) is 16.3.